The molecule has 4 aromatic rings. The van der Waals surface area contributed by atoms with Crippen LogP contribution in [0.3, 0.4) is 0 Å². The highest BCUT2D eigenvalue weighted by molar-refractivity contribution is 6.00. The fourth-order valence-corrected chi connectivity index (χ4v) is 4.73. The van der Waals surface area contributed by atoms with Crippen LogP contribution in [0.25, 0.3) is 22.5 Å². The Morgan fingerprint density at radius 3 is 2.51 bits per heavy atom. The first-order valence-electron chi connectivity index (χ1n) is 12.5. The third-order valence-electron chi connectivity index (χ3n) is 6.83. The molecule has 2 aromatic carbocycles. The third-order valence-corrected chi connectivity index (χ3v) is 6.83. The van der Waals surface area contributed by atoms with Gasteiger partial charge in [-0.05, 0) is 88.1 Å². The highest BCUT2D eigenvalue weighted by Gasteiger charge is 2.27. The molecule has 0 bridgehead atoms. The van der Waals surface area contributed by atoms with Crippen molar-refractivity contribution in [1.82, 2.24) is 25.1 Å². The number of nitrogens with zero attached hydrogens (tertiary/aromatic N) is 4. The van der Waals surface area contributed by atoms with Crippen molar-refractivity contribution >= 4 is 17.5 Å². The average Bonchev–Trinajstić information content (AvgIpc) is 3.39. The number of amides is 1. The van der Waals surface area contributed by atoms with E-state index >= 15 is 0 Å². The van der Waals surface area contributed by atoms with Gasteiger partial charge in [0.15, 0.2) is 5.82 Å². The van der Waals surface area contributed by atoms with Gasteiger partial charge in [-0.2, -0.15) is 4.98 Å². The summed E-state index contributed by atoms with van der Waals surface area (Å²) in [5.41, 5.74) is 6.84. The molecule has 5 rings (SSSR count). The molecular weight excluding hydrogens is 464 g/mol. The zero-order valence-corrected chi connectivity index (χ0v) is 22.0. The van der Waals surface area contributed by atoms with Gasteiger partial charge >= 0.3 is 0 Å². The van der Waals surface area contributed by atoms with Gasteiger partial charge in [0, 0.05) is 40.8 Å². The van der Waals surface area contributed by atoms with Crippen molar-refractivity contribution in [2.75, 3.05) is 5.32 Å². The number of nitrogens with one attached hydrogen (secondary N) is 2. The van der Waals surface area contributed by atoms with E-state index in [1.807, 2.05) is 81.0 Å². The van der Waals surface area contributed by atoms with Gasteiger partial charge < -0.3 is 15.7 Å². The summed E-state index contributed by atoms with van der Waals surface area (Å²) in [5.74, 6) is 1.14. The maximum absolute atomic E-state index is 12.2. The lowest BCUT2D eigenvalue weighted by molar-refractivity contribution is 0.0792. The van der Waals surface area contributed by atoms with Gasteiger partial charge in [-0.1, -0.05) is 18.2 Å². The molecule has 0 radical (unpaired) electrons. The van der Waals surface area contributed by atoms with Crippen LogP contribution in [0.5, 0.6) is 0 Å². The number of benzene rings is 2. The molecule has 3 heterocycles. The summed E-state index contributed by atoms with van der Waals surface area (Å²) in [5, 5.41) is 22.1. The Hall–Kier alpha value is -4.04. The zero-order chi connectivity index (χ0) is 26.5. The van der Waals surface area contributed by atoms with E-state index in [2.05, 4.69) is 15.6 Å². The number of hydrogen-bond donors (Lipinski definition) is 3. The summed E-state index contributed by atoms with van der Waals surface area (Å²) in [6, 6.07) is 13.8. The summed E-state index contributed by atoms with van der Waals surface area (Å²) in [4.78, 5) is 21.4. The fraction of sp³-hybridized carbons (Fsp3) is 0.310. The first-order chi connectivity index (χ1) is 17.5. The molecule has 0 fully saturated rings. The lowest BCUT2D eigenvalue weighted by atomic mass is 9.88. The van der Waals surface area contributed by atoms with Crippen molar-refractivity contribution in [3.05, 3.63) is 76.6 Å². The maximum atomic E-state index is 12.2. The van der Waals surface area contributed by atoms with Crippen LogP contribution in [0, 0.1) is 13.8 Å². The Bertz CT molecular complexity index is 1500. The Kier molecular flexibility index (Phi) is 6.07. The smallest absolute Gasteiger partial charge is 0.252 e. The summed E-state index contributed by atoms with van der Waals surface area (Å²) < 4.78 is 1.82. The van der Waals surface area contributed by atoms with Gasteiger partial charge in [-0.3, -0.25) is 9.78 Å². The van der Waals surface area contributed by atoms with Crippen LogP contribution in [0.2, 0.25) is 0 Å². The van der Waals surface area contributed by atoms with Gasteiger partial charge in [-0.15, -0.1) is 5.10 Å². The highest BCUT2D eigenvalue weighted by atomic mass is 16.3. The molecule has 1 aliphatic rings. The van der Waals surface area contributed by atoms with Crippen LogP contribution in [-0.4, -0.2) is 30.8 Å². The number of aryl methyl sites for hydroxylation is 3. The minimum Gasteiger partial charge on any atom is -0.386 e. The number of fused-ring (bicyclic) bond motifs is 1. The molecule has 2 aromatic heterocycles. The number of hydrogen-bond acceptors (Lipinski definition) is 6. The van der Waals surface area contributed by atoms with E-state index in [1.54, 1.807) is 13.8 Å². The van der Waals surface area contributed by atoms with Crippen LogP contribution in [-0.2, 0) is 12.1 Å². The Labute approximate surface area is 216 Å². The van der Waals surface area contributed by atoms with E-state index in [1.165, 1.54) is 0 Å². The van der Waals surface area contributed by atoms with Crippen LogP contribution < -0.4 is 10.6 Å². The van der Waals surface area contributed by atoms with Gasteiger partial charge in [0.1, 0.15) is 0 Å². The van der Waals surface area contributed by atoms with Crippen LogP contribution in [0.15, 0.2) is 48.7 Å². The van der Waals surface area contributed by atoms with E-state index in [0.29, 0.717) is 18.3 Å². The summed E-state index contributed by atoms with van der Waals surface area (Å²) in [6.45, 7) is 12.1. The molecule has 0 saturated carbocycles. The standard InChI is InChI=1S/C29H32N6O2/c1-7-35-28(32-25-14-22-18(4)31-27(36)23(22)12-16(25)2)33-26(34-35)19-10-11-21(24(13-19)29(5,6)37)20-9-8-17(3)30-15-20/h8-15,18,37H,7H2,1-6H3,(H,31,36)(H,32,33,34). The van der Waals surface area contributed by atoms with Crippen molar-refractivity contribution < 1.29 is 9.90 Å². The topological polar surface area (TPSA) is 105 Å². The number of anilines is 2. The second-order valence-corrected chi connectivity index (χ2v) is 10.2. The predicted molar refractivity (Wildman–Crippen MR) is 145 cm³/mol. The normalized spacial score (nSPS) is 15.0. The molecule has 0 aliphatic carbocycles. The number of aliphatic hydroxyl groups is 1. The molecule has 0 spiro atoms. The van der Waals surface area contributed by atoms with Gasteiger partial charge in [0.25, 0.3) is 5.91 Å². The molecule has 8 nitrogen and oxygen atoms in total. The lowest BCUT2D eigenvalue weighted by Gasteiger charge is -2.22. The van der Waals surface area contributed by atoms with Crippen molar-refractivity contribution in [1.29, 1.82) is 0 Å². The molecule has 3 N–H and O–H groups in total. The second kappa shape index (κ2) is 9.12. The molecular formula is C29H32N6O2. The van der Waals surface area contributed by atoms with Crippen LogP contribution in [0.1, 0.15) is 66.5 Å². The minimum absolute atomic E-state index is 0.0363. The second-order valence-electron chi connectivity index (χ2n) is 10.2. The molecule has 1 atom stereocenters. The zero-order valence-electron chi connectivity index (χ0n) is 22.0. The molecule has 37 heavy (non-hydrogen) atoms. The van der Waals surface area contributed by atoms with Crippen molar-refractivity contribution in [3.8, 4) is 22.5 Å². The maximum Gasteiger partial charge on any atom is 0.252 e. The Balaban J connectivity index is 1.53. The minimum atomic E-state index is -1.08. The Morgan fingerprint density at radius 1 is 1.08 bits per heavy atom. The molecule has 0 saturated heterocycles. The third kappa shape index (κ3) is 4.60. The lowest BCUT2D eigenvalue weighted by Crippen LogP contribution is -2.17. The van der Waals surface area contributed by atoms with Crippen LogP contribution in [0.4, 0.5) is 11.6 Å². The number of pyridine rings is 1. The van der Waals surface area contributed by atoms with Crippen LogP contribution >= 0.6 is 0 Å². The molecule has 8 heteroatoms. The van der Waals surface area contributed by atoms with Crippen molar-refractivity contribution in [2.45, 2.75) is 59.7 Å². The van der Waals surface area contributed by atoms with Crippen molar-refractivity contribution in [2.24, 2.45) is 0 Å². The number of carbonyl (C=O) groups excluding carboxylic acids is 1. The molecule has 1 amide bonds. The van der Waals surface area contributed by atoms with Crippen molar-refractivity contribution in [3.63, 3.8) is 0 Å². The molecule has 190 valence electrons. The van der Waals surface area contributed by atoms with Gasteiger partial charge in [-0.25, -0.2) is 4.68 Å². The van der Waals surface area contributed by atoms with E-state index < -0.39 is 5.60 Å². The largest absolute Gasteiger partial charge is 0.386 e. The van der Waals surface area contributed by atoms with Gasteiger partial charge in [0.05, 0.1) is 11.6 Å². The molecule has 1 aliphatic heterocycles. The van der Waals surface area contributed by atoms with Gasteiger partial charge in [0.2, 0.25) is 5.95 Å². The van der Waals surface area contributed by atoms with E-state index in [0.717, 1.165) is 50.3 Å². The quantitative estimate of drug-likeness (QED) is 0.329. The average molecular weight is 497 g/mol. The number of aromatic nitrogens is 4. The fourth-order valence-electron chi connectivity index (χ4n) is 4.73. The first-order valence-corrected chi connectivity index (χ1v) is 12.5. The monoisotopic (exact) mass is 496 g/mol. The SMILES string of the molecule is CCn1nc(-c2ccc(-c3ccc(C)nc3)c(C(C)(C)O)c2)nc1Nc1cc2c(cc1C)C(=O)NC2C. The van der Waals surface area contributed by atoms with E-state index in [9.17, 15) is 9.90 Å². The number of rotatable bonds is 6. The highest BCUT2D eigenvalue weighted by Crippen LogP contribution is 2.35. The summed E-state index contributed by atoms with van der Waals surface area (Å²) in [6.07, 6.45) is 1.83. The Morgan fingerprint density at radius 2 is 1.84 bits per heavy atom. The number of carbonyl (C=O) groups is 1. The molecule has 1 unspecified atom stereocenters. The van der Waals surface area contributed by atoms with E-state index in [4.69, 9.17) is 10.1 Å². The first kappa shape index (κ1) is 24.6. The summed E-state index contributed by atoms with van der Waals surface area (Å²) >= 11 is 0. The predicted octanol–water partition coefficient (Wildman–Crippen LogP) is 5.42. The van der Waals surface area contributed by atoms with E-state index in [-0.39, 0.29) is 11.9 Å². The summed E-state index contributed by atoms with van der Waals surface area (Å²) in [7, 11) is 0.